The molecule has 0 bridgehead atoms. The largest absolute Gasteiger partial charge is 0.394 e. The van der Waals surface area contributed by atoms with Gasteiger partial charge in [0.25, 0.3) is 5.91 Å². The molecular weight excluding hydrogens is 252 g/mol. The van der Waals surface area contributed by atoms with Crippen molar-refractivity contribution in [2.75, 3.05) is 25.1 Å². The van der Waals surface area contributed by atoms with Crippen molar-refractivity contribution >= 4 is 11.6 Å². The maximum Gasteiger partial charge on any atom is 0.251 e. The minimum Gasteiger partial charge on any atom is -0.394 e. The highest BCUT2D eigenvalue weighted by atomic mass is 16.3. The first-order valence-corrected chi connectivity index (χ1v) is 7.35. The standard InChI is InChI=1S/C16H24N2O2/c1-3-18(2)14-8-6-13(7-9-14)15(20)17-16(12-19)10-4-5-11-16/h6-9,19H,3-5,10-12H2,1-2H3,(H,17,20). The van der Waals surface area contributed by atoms with E-state index in [4.69, 9.17) is 0 Å². The molecule has 0 aromatic heterocycles. The molecule has 4 heteroatoms. The maximum absolute atomic E-state index is 12.3. The Kier molecular flexibility index (Phi) is 4.65. The van der Waals surface area contributed by atoms with Gasteiger partial charge in [0, 0.05) is 24.8 Å². The van der Waals surface area contributed by atoms with Crippen LogP contribution in [0.2, 0.25) is 0 Å². The van der Waals surface area contributed by atoms with Crippen molar-refractivity contribution < 1.29 is 9.90 Å². The summed E-state index contributed by atoms with van der Waals surface area (Å²) in [6.07, 6.45) is 3.87. The summed E-state index contributed by atoms with van der Waals surface area (Å²) in [5.74, 6) is -0.0911. The molecule has 4 nitrogen and oxygen atoms in total. The zero-order valence-electron chi connectivity index (χ0n) is 12.4. The number of nitrogens with zero attached hydrogens (tertiary/aromatic N) is 1. The van der Waals surface area contributed by atoms with Crippen molar-refractivity contribution in [3.8, 4) is 0 Å². The predicted molar refractivity (Wildman–Crippen MR) is 81.1 cm³/mol. The van der Waals surface area contributed by atoms with Gasteiger partial charge in [0.2, 0.25) is 0 Å². The summed E-state index contributed by atoms with van der Waals surface area (Å²) in [6, 6.07) is 7.60. The van der Waals surface area contributed by atoms with E-state index in [1.807, 2.05) is 31.3 Å². The van der Waals surface area contributed by atoms with Crippen LogP contribution in [0.5, 0.6) is 0 Å². The lowest BCUT2D eigenvalue weighted by molar-refractivity contribution is 0.0838. The highest BCUT2D eigenvalue weighted by Crippen LogP contribution is 2.29. The van der Waals surface area contributed by atoms with E-state index in [0.29, 0.717) is 5.56 Å². The highest BCUT2D eigenvalue weighted by molar-refractivity contribution is 5.95. The zero-order chi connectivity index (χ0) is 14.6. The second kappa shape index (κ2) is 6.27. The Bertz CT molecular complexity index is 450. The van der Waals surface area contributed by atoms with E-state index in [-0.39, 0.29) is 12.5 Å². The van der Waals surface area contributed by atoms with E-state index in [0.717, 1.165) is 37.9 Å². The van der Waals surface area contributed by atoms with Gasteiger partial charge in [-0.1, -0.05) is 12.8 Å². The summed E-state index contributed by atoms with van der Waals surface area (Å²) in [7, 11) is 2.02. The van der Waals surface area contributed by atoms with E-state index >= 15 is 0 Å². The zero-order valence-corrected chi connectivity index (χ0v) is 12.4. The maximum atomic E-state index is 12.3. The molecule has 1 aliphatic carbocycles. The van der Waals surface area contributed by atoms with Crippen LogP contribution in [-0.4, -0.2) is 36.8 Å². The summed E-state index contributed by atoms with van der Waals surface area (Å²) in [5, 5.41) is 12.6. The molecule has 0 saturated heterocycles. The smallest absolute Gasteiger partial charge is 0.251 e. The predicted octanol–water partition coefficient (Wildman–Crippen LogP) is 2.18. The van der Waals surface area contributed by atoms with Crippen LogP contribution in [0.15, 0.2) is 24.3 Å². The van der Waals surface area contributed by atoms with Gasteiger partial charge in [-0.25, -0.2) is 0 Å². The molecule has 0 atom stereocenters. The van der Waals surface area contributed by atoms with Crippen LogP contribution in [0.3, 0.4) is 0 Å². The van der Waals surface area contributed by atoms with E-state index in [2.05, 4.69) is 17.1 Å². The summed E-state index contributed by atoms with van der Waals surface area (Å²) in [5.41, 5.74) is 1.34. The molecular formula is C16H24N2O2. The molecule has 0 aliphatic heterocycles. The van der Waals surface area contributed by atoms with Crippen molar-refractivity contribution in [2.24, 2.45) is 0 Å². The Morgan fingerprint density at radius 2 is 1.90 bits per heavy atom. The number of hydrogen-bond acceptors (Lipinski definition) is 3. The Labute approximate surface area is 120 Å². The third-order valence-corrected chi connectivity index (χ3v) is 4.29. The lowest BCUT2D eigenvalue weighted by Gasteiger charge is -2.28. The molecule has 0 heterocycles. The van der Waals surface area contributed by atoms with Gasteiger partial charge < -0.3 is 15.3 Å². The van der Waals surface area contributed by atoms with Crippen molar-refractivity contribution in [1.29, 1.82) is 0 Å². The van der Waals surface area contributed by atoms with Crippen molar-refractivity contribution in [3.63, 3.8) is 0 Å². The third kappa shape index (κ3) is 3.12. The molecule has 0 unspecified atom stereocenters. The molecule has 1 aromatic carbocycles. The van der Waals surface area contributed by atoms with Crippen LogP contribution in [0, 0.1) is 0 Å². The van der Waals surface area contributed by atoms with E-state index in [1.54, 1.807) is 0 Å². The molecule has 1 amide bonds. The number of aliphatic hydroxyl groups excluding tert-OH is 1. The highest BCUT2D eigenvalue weighted by Gasteiger charge is 2.34. The quantitative estimate of drug-likeness (QED) is 0.866. The molecule has 2 rings (SSSR count). The molecule has 1 saturated carbocycles. The van der Waals surface area contributed by atoms with Crippen LogP contribution < -0.4 is 10.2 Å². The normalized spacial score (nSPS) is 16.9. The fourth-order valence-corrected chi connectivity index (χ4v) is 2.74. The van der Waals surface area contributed by atoms with Gasteiger partial charge in [-0.05, 0) is 44.0 Å². The lowest BCUT2D eigenvalue weighted by atomic mass is 9.98. The number of nitrogens with one attached hydrogen (secondary N) is 1. The number of benzene rings is 1. The topological polar surface area (TPSA) is 52.6 Å². The SMILES string of the molecule is CCN(C)c1ccc(C(=O)NC2(CO)CCCC2)cc1. The summed E-state index contributed by atoms with van der Waals surface area (Å²) >= 11 is 0. The van der Waals surface area contributed by atoms with Gasteiger partial charge in [-0.3, -0.25) is 4.79 Å². The van der Waals surface area contributed by atoms with Gasteiger partial charge >= 0.3 is 0 Å². The van der Waals surface area contributed by atoms with Crippen LogP contribution in [0.4, 0.5) is 5.69 Å². The van der Waals surface area contributed by atoms with Crippen molar-refractivity contribution in [1.82, 2.24) is 5.32 Å². The fraction of sp³-hybridized carbons (Fsp3) is 0.562. The molecule has 1 fully saturated rings. The van der Waals surface area contributed by atoms with Crippen LogP contribution in [0.1, 0.15) is 43.0 Å². The monoisotopic (exact) mass is 276 g/mol. The van der Waals surface area contributed by atoms with Crippen LogP contribution >= 0.6 is 0 Å². The van der Waals surface area contributed by atoms with E-state index in [1.165, 1.54) is 0 Å². The first-order valence-electron chi connectivity index (χ1n) is 7.35. The van der Waals surface area contributed by atoms with Gasteiger partial charge in [-0.2, -0.15) is 0 Å². The number of carbonyl (C=O) groups is 1. The number of anilines is 1. The molecule has 110 valence electrons. The van der Waals surface area contributed by atoms with E-state index in [9.17, 15) is 9.90 Å². The molecule has 0 radical (unpaired) electrons. The second-order valence-electron chi connectivity index (χ2n) is 5.66. The minimum atomic E-state index is -0.407. The number of rotatable bonds is 5. The molecule has 20 heavy (non-hydrogen) atoms. The lowest BCUT2D eigenvalue weighted by Crippen LogP contribution is -2.49. The second-order valence-corrected chi connectivity index (χ2v) is 5.66. The molecule has 2 N–H and O–H groups in total. The Morgan fingerprint density at radius 1 is 1.30 bits per heavy atom. The Morgan fingerprint density at radius 3 is 2.40 bits per heavy atom. The average molecular weight is 276 g/mol. The minimum absolute atomic E-state index is 0.0232. The summed E-state index contributed by atoms with van der Waals surface area (Å²) in [4.78, 5) is 14.4. The van der Waals surface area contributed by atoms with Crippen molar-refractivity contribution in [3.05, 3.63) is 29.8 Å². The molecule has 0 spiro atoms. The van der Waals surface area contributed by atoms with Gasteiger partial charge in [0.05, 0.1) is 12.1 Å². The fourth-order valence-electron chi connectivity index (χ4n) is 2.74. The van der Waals surface area contributed by atoms with Crippen molar-refractivity contribution in [2.45, 2.75) is 38.1 Å². The third-order valence-electron chi connectivity index (χ3n) is 4.29. The number of amides is 1. The van der Waals surface area contributed by atoms with Crippen LogP contribution in [0.25, 0.3) is 0 Å². The molecule has 1 aromatic rings. The Balaban J connectivity index is 2.05. The van der Waals surface area contributed by atoms with Gasteiger partial charge in [-0.15, -0.1) is 0 Å². The molecule has 1 aliphatic rings. The average Bonchev–Trinajstić information content (AvgIpc) is 2.95. The van der Waals surface area contributed by atoms with Crippen LogP contribution in [-0.2, 0) is 0 Å². The van der Waals surface area contributed by atoms with Gasteiger partial charge in [0.15, 0.2) is 0 Å². The summed E-state index contributed by atoms with van der Waals surface area (Å²) in [6.45, 7) is 3.04. The number of aliphatic hydroxyl groups is 1. The van der Waals surface area contributed by atoms with Gasteiger partial charge in [0.1, 0.15) is 0 Å². The summed E-state index contributed by atoms with van der Waals surface area (Å²) < 4.78 is 0. The first kappa shape index (κ1) is 14.9. The Hall–Kier alpha value is -1.55. The first-order chi connectivity index (χ1) is 9.60. The van der Waals surface area contributed by atoms with E-state index < -0.39 is 5.54 Å². The number of carbonyl (C=O) groups excluding carboxylic acids is 1. The number of hydrogen-bond donors (Lipinski definition) is 2.